The number of carbonyl (C=O) groups is 2. The van der Waals surface area contributed by atoms with Crippen LogP contribution in [0.4, 0.5) is 0 Å². The highest BCUT2D eigenvalue weighted by Crippen LogP contribution is 2.23. The summed E-state index contributed by atoms with van der Waals surface area (Å²) >= 11 is 6.04. The number of hydrogen-bond donors (Lipinski definition) is 1. The summed E-state index contributed by atoms with van der Waals surface area (Å²) in [6.45, 7) is 4.82. The van der Waals surface area contributed by atoms with Gasteiger partial charge in [-0.15, -0.1) is 0 Å². The van der Waals surface area contributed by atoms with Crippen LogP contribution in [0, 0.1) is 6.92 Å². The highest BCUT2D eigenvalue weighted by Gasteiger charge is 2.17. The molecule has 0 radical (unpaired) electrons. The van der Waals surface area contributed by atoms with Crippen LogP contribution in [-0.2, 0) is 11.3 Å². The Morgan fingerprint density at radius 3 is 2.86 bits per heavy atom. The van der Waals surface area contributed by atoms with Gasteiger partial charge in [-0.25, -0.2) is 0 Å². The van der Waals surface area contributed by atoms with Crippen molar-refractivity contribution in [2.75, 3.05) is 26.2 Å². The molecule has 0 atom stereocenters. The molecule has 156 valence electrons. The van der Waals surface area contributed by atoms with Crippen molar-refractivity contribution in [3.63, 3.8) is 0 Å². The van der Waals surface area contributed by atoms with Gasteiger partial charge >= 0.3 is 0 Å². The Morgan fingerprint density at radius 2 is 2.07 bits per heavy atom. The number of nitrogens with one attached hydrogen (secondary N) is 1. The number of aromatic nitrogens is 2. The second-order valence-corrected chi connectivity index (χ2v) is 7.57. The molecule has 1 aliphatic rings. The second-order valence-electron chi connectivity index (χ2n) is 7.13. The molecule has 2 heterocycles. The van der Waals surface area contributed by atoms with Crippen LogP contribution in [0.25, 0.3) is 0 Å². The lowest BCUT2D eigenvalue weighted by atomic mass is 10.2. The van der Waals surface area contributed by atoms with E-state index in [1.54, 1.807) is 24.4 Å². The third kappa shape index (κ3) is 5.97. The van der Waals surface area contributed by atoms with E-state index in [9.17, 15) is 9.59 Å². The van der Waals surface area contributed by atoms with Crippen molar-refractivity contribution in [2.24, 2.45) is 0 Å². The summed E-state index contributed by atoms with van der Waals surface area (Å²) in [5.74, 6) is 0.438. The predicted octanol–water partition coefficient (Wildman–Crippen LogP) is 3.06. The average molecular weight is 419 g/mol. The fourth-order valence-electron chi connectivity index (χ4n) is 3.32. The molecule has 0 bridgehead atoms. The van der Waals surface area contributed by atoms with Gasteiger partial charge in [0.05, 0.1) is 12.2 Å². The molecule has 7 nitrogen and oxygen atoms in total. The standard InChI is InChI=1S/C21H27ClN4O3/c1-16-7-10-24-26(16)13-8-20(27)25-11-3-2-9-23-21(28)18-15-17(22)5-6-19(18)29-14-4-12-25/h5-7,10,15H,2-4,8-9,11-14H2,1H3,(H,23,28). The van der Waals surface area contributed by atoms with Gasteiger partial charge in [-0.05, 0) is 50.5 Å². The summed E-state index contributed by atoms with van der Waals surface area (Å²) in [4.78, 5) is 27.1. The lowest BCUT2D eigenvalue weighted by Crippen LogP contribution is -2.34. The first-order valence-electron chi connectivity index (χ1n) is 10.0. The van der Waals surface area contributed by atoms with Crippen LogP contribution in [0.1, 0.15) is 41.7 Å². The minimum atomic E-state index is -0.190. The maximum Gasteiger partial charge on any atom is 0.255 e. The Balaban J connectivity index is 1.61. The van der Waals surface area contributed by atoms with Crippen LogP contribution >= 0.6 is 11.6 Å². The summed E-state index contributed by atoms with van der Waals surface area (Å²) in [5.41, 5.74) is 1.49. The molecular formula is C21H27ClN4O3. The van der Waals surface area contributed by atoms with Crippen LogP contribution in [-0.4, -0.2) is 52.7 Å². The van der Waals surface area contributed by atoms with Gasteiger partial charge in [0.15, 0.2) is 0 Å². The topological polar surface area (TPSA) is 76.5 Å². The molecule has 0 aliphatic carbocycles. The van der Waals surface area contributed by atoms with E-state index < -0.39 is 0 Å². The Kier molecular flexibility index (Phi) is 7.52. The van der Waals surface area contributed by atoms with Crippen molar-refractivity contribution in [3.8, 4) is 5.75 Å². The molecule has 1 aliphatic heterocycles. The Labute approximate surface area is 176 Å². The molecule has 0 spiro atoms. The van der Waals surface area contributed by atoms with E-state index in [4.69, 9.17) is 16.3 Å². The van der Waals surface area contributed by atoms with Gasteiger partial charge in [0, 0.05) is 49.5 Å². The number of fused-ring (bicyclic) bond motifs is 1. The van der Waals surface area contributed by atoms with Crippen LogP contribution < -0.4 is 10.1 Å². The minimum Gasteiger partial charge on any atom is -0.493 e. The van der Waals surface area contributed by atoms with E-state index in [0.29, 0.717) is 62.0 Å². The summed E-state index contributed by atoms with van der Waals surface area (Å²) in [6, 6.07) is 6.98. The Hall–Kier alpha value is -2.54. The normalized spacial score (nSPS) is 15.9. The van der Waals surface area contributed by atoms with Crippen molar-refractivity contribution >= 4 is 23.4 Å². The van der Waals surface area contributed by atoms with E-state index in [0.717, 1.165) is 18.5 Å². The summed E-state index contributed by atoms with van der Waals surface area (Å²) in [6.07, 6.45) is 4.48. The van der Waals surface area contributed by atoms with Crippen molar-refractivity contribution in [1.82, 2.24) is 20.0 Å². The first-order valence-corrected chi connectivity index (χ1v) is 10.4. The fraction of sp³-hybridized carbons (Fsp3) is 0.476. The van der Waals surface area contributed by atoms with Gasteiger partial charge in [0.25, 0.3) is 5.91 Å². The number of rotatable bonds is 3. The second kappa shape index (κ2) is 10.3. The van der Waals surface area contributed by atoms with Crippen LogP contribution in [0.2, 0.25) is 5.02 Å². The maximum absolute atomic E-state index is 12.7. The van der Waals surface area contributed by atoms with Gasteiger partial charge in [0.1, 0.15) is 5.75 Å². The molecule has 0 saturated heterocycles. The quantitative estimate of drug-likeness (QED) is 0.831. The predicted molar refractivity (Wildman–Crippen MR) is 111 cm³/mol. The fourth-order valence-corrected chi connectivity index (χ4v) is 3.49. The van der Waals surface area contributed by atoms with Crippen molar-refractivity contribution < 1.29 is 14.3 Å². The largest absolute Gasteiger partial charge is 0.493 e. The molecule has 3 rings (SSSR count). The van der Waals surface area contributed by atoms with Gasteiger partial charge in [-0.2, -0.15) is 5.10 Å². The van der Waals surface area contributed by atoms with E-state index in [-0.39, 0.29) is 11.8 Å². The number of nitrogens with zero attached hydrogens (tertiary/aromatic N) is 3. The van der Waals surface area contributed by atoms with Gasteiger partial charge in [0.2, 0.25) is 5.91 Å². The zero-order valence-corrected chi connectivity index (χ0v) is 17.5. The van der Waals surface area contributed by atoms with E-state index in [1.807, 2.05) is 22.6 Å². The highest BCUT2D eigenvalue weighted by molar-refractivity contribution is 6.31. The molecule has 1 aromatic carbocycles. The zero-order valence-electron chi connectivity index (χ0n) is 16.7. The van der Waals surface area contributed by atoms with Crippen LogP contribution in [0.5, 0.6) is 5.75 Å². The zero-order chi connectivity index (χ0) is 20.6. The van der Waals surface area contributed by atoms with Crippen LogP contribution in [0.3, 0.4) is 0 Å². The molecule has 0 fully saturated rings. The lowest BCUT2D eigenvalue weighted by molar-refractivity contribution is -0.131. The number of ether oxygens (including phenoxy) is 1. The molecule has 2 amide bonds. The Morgan fingerprint density at radius 1 is 1.24 bits per heavy atom. The summed E-state index contributed by atoms with van der Waals surface area (Å²) in [5, 5.41) is 7.64. The molecule has 2 aromatic rings. The summed E-state index contributed by atoms with van der Waals surface area (Å²) in [7, 11) is 0. The maximum atomic E-state index is 12.7. The number of aryl methyl sites for hydroxylation is 2. The number of halogens is 1. The minimum absolute atomic E-state index is 0.117. The van der Waals surface area contributed by atoms with Gasteiger partial charge in [-0.1, -0.05) is 11.6 Å². The first-order chi connectivity index (χ1) is 14.0. The number of benzene rings is 1. The van der Waals surface area contributed by atoms with Crippen LogP contribution in [0.15, 0.2) is 30.5 Å². The smallest absolute Gasteiger partial charge is 0.255 e. The van der Waals surface area contributed by atoms with Crippen molar-refractivity contribution in [2.45, 2.75) is 39.2 Å². The lowest BCUT2D eigenvalue weighted by Gasteiger charge is -2.23. The van der Waals surface area contributed by atoms with Crippen molar-refractivity contribution in [3.05, 3.63) is 46.7 Å². The molecular weight excluding hydrogens is 392 g/mol. The average Bonchev–Trinajstić information content (AvgIpc) is 3.12. The molecule has 0 saturated carbocycles. The molecule has 1 N–H and O–H groups in total. The number of carbonyl (C=O) groups excluding carboxylic acids is 2. The van der Waals surface area contributed by atoms with E-state index in [2.05, 4.69) is 10.4 Å². The van der Waals surface area contributed by atoms with Gasteiger partial charge < -0.3 is 15.0 Å². The van der Waals surface area contributed by atoms with Gasteiger partial charge in [-0.3, -0.25) is 14.3 Å². The molecule has 1 aromatic heterocycles. The molecule has 29 heavy (non-hydrogen) atoms. The molecule has 0 unspecified atom stereocenters. The van der Waals surface area contributed by atoms with Crippen molar-refractivity contribution in [1.29, 1.82) is 0 Å². The highest BCUT2D eigenvalue weighted by atomic mass is 35.5. The van der Waals surface area contributed by atoms with E-state index >= 15 is 0 Å². The first kappa shape index (κ1) is 21.2. The number of hydrogen-bond acceptors (Lipinski definition) is 4. The van der Waals surface area contributed by atoms with E-state index in [1.165, 1.54) is 0 Å². The number of amides is 2. The Bertz CT molecular complexity index is 852. The SMILES string of the molecule is Cc1ccnn1CCC(=O)N1CCCCNC(=O)c2cc(Cl)ccc2OCCC1. The molecule has 8 heteroatoms. The third-order valence-electron chi connectivity index (χ3n) is 4.98. The summed E-state index contributed by atoms with van der Waals surface area (Å²) < 4.78 is 7.66. The monoisotopic (exact) mass is 418 g/mol. The third-order valence-corrected chi connectivity index (χ3v) is 5.21.